The fraction of sp³-hybridized carbons (Fsp3) is 0.391. The lowest BCUT2D eigenvalue weighted by Gasteiger charge is -2.10. The summed E-state index contributed by atoms with van der Waals surface area (Å²) < 4.78 is 23.7. The quantitative estimate of drug-likeness (QED) is 0.223. The number of esters is 1. The largest absolute Gasteiger partial charge is 0.462 e. The molecule has 0 fully saturated rings. The maximum Gasteiger partial charge on any atom is 0.338 e. The lowest BCUT2D eigenvalue weighted by atomic mass is 10.2. The Hall–Kier alpha value is -2.42. The van der Waals surface area contributed by atoms with Gasteiger partial charge in [0, 0.05) is 36.6 Å². The first-order chi connectivity index (χ1) is 15.6. The molecule has 0 atom stereocenters. The molecule has 1 aliphatic heterocycles. The molecule has 0 amide bonds. The molecule has 3 aromatic rings. The Morgan fingerprint density at radius 3 is 2.78 bits per heavy atom. The molecule has 9 heteroatoms. The first-order valence-electron chi connectivity index (χ1n) is 10.6. The van der Waals surface area contributed by atoms with Crippen LogP contribution in [0.4, 0.5) is 0 Å². The summed E-state index contributed by atoms with van der Waals surface area (Å²) in [6.07, 6.45) is 0.858. The first kappa shape index (κ1) is 22.8. The molecule has 2 heterocycles. The van der Waals surface area contributed by atoms with Crippen molar-refractivity contribution in [1.82, 2.24) is 9.55 Å². The van der Waals surface area contributed by atoms with E-state index in [4.69, 9.17) is 35.5 Å². The summed E-state index contributed by atoms with van der Waals surface area (Å²) in [5.41, 5.74) is 3.16. The minimum Gasteiger partial charge on any atom is -0.462 e. The van der Waals surface area contributed by atoms with Crippen molar-refractivity contribution in [3.8, 4) is 11.5 Å². The molecule has 32 heavy (non-hydrogen) atoms. The molecule has 1 aromatic heterocycles. The molecule has 4 rings (SSSR count). The van der Waals surface area contributed by atoms with E-state index in [0.717, 1.165) is 34.7 Å². The van der Waals surface area contributed by atoms with Gasteiger partial charge in [-0.1, -0.05) is 23.4 Å². The molecule has 0 bridgehead atoms. The highest BCUT2D eigenvalue weighted by Crippen LogP contribution is 2.39. The molecule has 2 aromatic carbocycles. The molecule has 0 spiro atoms. The minimum atomic E-state index is -0.346. The number of carbonyl (C=O) groups excluding carboxylic acids is 1. The van der Waals surface area contributed by atoms with Crippen LogP contribution in [-0.4, -0.2) is 42.1 Å². The van der Waals surface area contributed by atoms with Crippen molar-refractivity contribution < 1.29 is 23.7 Å². The van der Waals surface area contributed by atoms with Gasteiger partial charge in [0.15, 0.2) is 16.7 Å². The SMILES string of the molecule is CCOCCCn1c(SCc2cc3c(cc2Cl)OCO3)nc2cc(C(=O)OCC)ccc21. The van der Waals surface area contributed by atoms with E-state index in [2.05, 4.69) is 4.57 Å². The zero-order chi connectivity index (χ0) is 22.5. The van der Waals surface area contributed by atoms with Crippen molar-refractivity contribution in [3.05, 3.63) is 46.5 Å². The van der Waals surface area contributed by atoms with Gasteiger partial charge in [-0.3, -0.25) is 0 Å². The van der Waals surface area contributed by atoms with Crippen LogP contribution in [0.1, 0.15) is 36.2 Å². The summed E-state index contributed by atoms with van der Waals surface area (Å²) in [5, 5.41) is 1.48. The number of benzene rings is 2. The van der Waals surface area contributed by atoms with Crippen molar-refractivity contribution in [2.75, 3.05) is 26.6 Å². The zero-order valence-electron chi connectivity index (χ0n) is 18.1. The van der Waals surface area contributed by atoms with Gasteiger partial charge in [0.1, 0.15) is 0 Å². The highest BCUT2D eigenvalue weighted by molar-refractivity contribution is 7.98. The summed E-state index contributed by atoms with van der Waals surface area (Å²) in [6.45, 7) is 6.44. The summed E-state index contributed by atoms with van der Waals surface area (Å²) in [7, 11) is 0. The third kappa shape index (κ3) is 4.98. The number of imidazole rings is 1. The van der Waals surface area contributed by atoms with Gasteiger partial charge in [-0.15, -0.1) is 0 Å². The lowest BCUT2D eigenvalue weighted by molar-refractivity contribution is 0.0526. The topological polar surface area (TPSA) is 71.8 Å². The molecule has 0 unspecified atom stereocenters. The number of aromatic nitrogens is 2. The van der Waals surface area contributed by atoms with Crippen molar-refractivity contribution in [3.63, 3.8) is 0 Å². The van der Waals surface area contributed by atoms with Gasteiger partial charge in [-0.2, -0.15) is 0 Å². The smallest absolute Gasteiger partial charge is 0.338 e. The monoisotopic (exact) mass is 476 g/mol. The van der Waals surface area contributed by atoms with Gasteiger partial charge in [0.25, 0.3) is 0 Å². The Morgan fingerprint density at radius 2 is 2.00 bits per heavy atom. The van der Waals surface area contributed by atoms with Crippen LogP contribution in [0.2, 0.25) is 5.02 Å². The van der Waals surface area contributed by atoms with Gasteiger partial charge in [0.2, 0.25) is 6.79 Å². The minimum absolute atomic E-state index is 0.209. The first-order valence-corrected chi connectivity index (χ1v) is 11.9. The molecule has 0 saturated heterocycles. The highest BCUT2D eigenvalue weighted by Gasteiger charge is 2.19. The number of halogens is 1. The molecule has 0 radical (unpaired) electrons. The number of rotatable bonds is 10. The number of carbonyl (C=O) groups is 1. The summed E-state index contributed by atoms with van der Waals surface area (Å²) in [4.78, 5) is 17.0. The van der Waals surface area contributed by atoms with Crippen LogP contribution in [0.15, 0.2) is 35.5 Å². The van der Waals surface area contributed by atoms with Crippen molar-refractivity contribution in [2.24, 2.45) is 0 Å². The number of thioether (sulfide) groups is 1. The second-order valence-corrected chi connectivity index (χ2v) is 8.46. The zero-order valence-corrected chi connectivity index (χ0v) is 19.6. The number of hydrogen-bond donors (Lipinski definition) is 0. The lowest BCUT2D eigenvalue weighted by Crippen LogP contribution is -2.05. The van der Waals surface area contributed by atoms with E-state index in [1.165, 1.54) is 0 Å². The van der Waals surface area contributed by atoms with E-state index in [1.54, 1.807) is 36.9 Å². The summed E-state index contributed by atoms with van der Waals surface area (Å²) in [6, 6.07) is 9.19. The van der Waals surface area contributed by atoms with Gasteiger partial charge in [-0.05, 0) is 50.1 Å². The van der Waals surface area contributed by atoms with E-state index < -0.39 is 0 Å². The molecule has 7 nitrogen and oxygen atoms in total. The third-order valence-corrected chi connectivity index (χ3v) is 6.37. The summed E-state index contributed by atoms with van der Waals surface area (Å²) >= 11 is 8.04. The fourth-order valence-electron chi connectivity index (χ4n) is 3.46. The van der Waals surface area contributed by atoms with Crippen LogP contribution in [0.3, 0.4) is 0 Å². The van der Waals surface area contributed by atoms with Gasteiger partial charge in [0.05, 0.1) is 23.2 Å². The van der Waals surface area contributed by atoms with Gasteiger partial charge in [-0.25, -0.2) is 9.78 Å². The second kappa shape index (κ2) is 10.5. The third-order valence-electron chi connectivity index (χ3n) is 5.00. The number of nitrogens with zero attached hydrogens (tertiary/aromatic N) is 2. The average molecular weight is 477 g/mol. The number of aryl methyl sites for hydroxylation is 1. The molecule has 0 N–H and O–H groups in total. The van der Waals surface area contributed by atoms with Crippen molar-refractivity contribution in [1.29, 1.82) is 0 Å². The molecule has 170 valence electrons. The van der Waals surface area contributed by atoms with E-state index in [0.29, 0.717) is 47.7 Å². The van der Waals surface area contributed by atoms with Gasteiger partial charge < -0.3 is 23.5 Å². The predicted octanol–water partition coefficient (Wildman–Crippen LogP) is 5.31. The number of fused-ring (bicyclic) bond motifs is 2. The predicted molar refractivity (Wildman–Crippen MR) is 124 cm³/mol. The highest BCUT2D eigenvalue weighted by atomic mass is 35.5. The standard InChI is InChI=1S/C23H25ClN2O5S/c1-3-28-9-5-8-26-19-7-6-15(22(27)29-4-2)10-18(19)25-23(26)32-13-16-11-20-21(12-17(16)24)31-14-30-20/h6-7,10-12H,3-5,8-9,13-14H2,1-2H3. The Morgan fingerprint density at radius 1 is 1.19 bits per heavy atom. The molecule has 0 saturated carbocycles. The Labute approximate surface area is 195 Å². The summed E-state index contributed by atoms with van der Waals surface area (Å²) in [5.74, 6) is 1.64. The second-order valence-electron chi connectivity index (χ2n) is 7.11. The van der Waals surface area contributed by atoms with Crippen LogP contribution >= 0.6 is 23.4 Å². The number of hydrogen-bond acceptors (Lipinski definition) is 7. The molecular weight excluding hydrogens is 452 g/mol. The maximum atomic E-state index is 12.1. The van der Waals surface area contributed by atoms with Crippen LogP contribution in [0, 0.1) is 0 Å². The van der Waals surface area contributed by atoms with Crippen LogP contribution < -0.4 is 9.47 Å². The van der Waals surface area contributed by atoms with E-state index >= 15 is 0 Å². The van der Waals surface area contributed by atoms with E-state index in [1.807, 2.05) is 19.1 Å². The molecule has 0 aliphatic carbocycles. The Bertz CT molecular complexity index is 1120. The van der Waals surface area contributed by atoms with E-state index in [9.17, 15) is 4.79 Å². The van der Waals surface area contributed by atoms with Crippen molar-refractivity contribution >= 4 is 40.4 Å². The molecular formula is C23H25ClN2O5S. The Kier molecular flexibility index (Phi) is 7.44. The van der Waals surface area contributed by atoms with Crippen molar-refractivity contribution in [2.45, 2.75) is 37.7 Å². The number of ether oxygens (including phenoxy) is 4. The van der Waals surface area contributed by atoms with Crippen LogP contribution in [0.25, 0.3) is 11.0 Å². The van der Waals surface area contributed by atoms with Crippen LogP contribution in [-0.2, 0) is 21.8 Å². The van der Waals surface area contributed by atoms with E-state index in [-0.39, 0.29) is 12.8 Å². The average Bonchev–Trinajstić information content (AvgIpc) is 3.38. The van der Waals surface area contributed by atoms with Crippen LogP contribution in [0.5, 0.6) is 11.5 Å². The molecule has 1 aliphatic rings. The Balaban J connectivity index is 1.60. The normalized spacial score (nSPS) is 12.5. The fourth-order valence-corrected chi connectivity index (χ4v) is 4.79. The van der Waals surface area contributed by atoms with Gasteiger partial charge >= 0.3 is 5.97 Å². The maximum absolute atomic E-state index is 12.1.